The molecular formula is C17H20N2O4S. The summed E-state index contributed by atoms with van der Waals surface area (Å²) < 4.78 is 32.7. The fourth-order valence-corrected chi connectivity index (χ4v) is 4.02. The number of hydrogen-bond acceptors (Lipinski definition) is 4. The van der Waals surface area contributed by atoms with Crippen LogP contribution in [-0.2, 0) is 26.7 Å². The lowest BCUT2D eigenvalue weighted by atomic mass is 9.86. The van der Waals surface area contributed by atoms with Crippen molar-refractivity contribution in [3.63, 3.8) is 0 Å². The van der Waals surface area contributed by atoms with E-state index in [2.05, 4.69) is 4.72 Å². The summed E-state index contributed by atoms with van der Waals surface area (Å²) in [5.74, 6) is 0.679. The molecule has 0 aliphatic carbocycles. The highest BCUT2D eigenvalue weighted by Gasteiger charge is 2.42. The molecule has 1 aliphatic rings. The second-order valence-corrected chi connectivity index (χ2v) is 8.16. The third kappa shape index (κ3) is 2.74. The summed E-state index contributed by atoms with van der Waals surface area (Å²) in [5.41, 5.74) is 0.743. The molecule has 0 fully saturated rings. The molecular weight excluding hydrogens is 328 g/mol. The first-order valence-electron chi connectivity index (χ1n) is 7.68. The van der Waals surface area contributed by atoms with E-state index in [-0.39, 0.29) is 17.3 Å². The molecule has 0 bridgehead atoms. The van der Waals surface area contributed by atoms with Crippen LogP contribution in [0.2, 0.25) is 0 Å². The number of nitrogens with one attached hydrogen (secondary N) is 1. The summed E-state index contributed by atoms with van der Waals surface area (Å²) in [7, 11) is -1.94. The second kappa shape index (κ2) is 5.75. The third-order valence-electron chi connectivity index (χ3n) is 4.40. The number of nitrogens with zero attached hydrogens (tertiary/aromatic N) is 1. The van der Waals surface area contributed by atoms with E-state index < -0.39 is 15.4 Å². The van der Waals surface area contributed by atoms with Crippen molar-refractivity contribution >= 4 is 21.6 Å². The molecule has 1 aliphatic heterocycles. The minimum absolute atomic E-state index is 0.0437. The molecule has 1 aromatic carbocycles. The Morgan fingerprint density at radius 1 is 1.25 bits per heavy atom. The number of anilines is 1. The van der Waals surface area contributed by atoms with E-state index in [9.17, 15) is 13.2 Å². The Morgan fingerprint density at radius 2 is 2.00 bits per heavy atom. The number of carbonyl (C=O) groups is 1. The van der Waals surface area contributed by atoms with Gasteiger partial charge in [0.05, 0.1) is 16.6 Å². The van der Waals surface area contributed by atoms with Crippen LogP contribution in [0.4, 0.5) is 5.69 Å². The molecule has 3 rings (SSSR count). The van der Waals surface area contributed by atoms with Gasteiger partial charge in [-0.3, -0.25) is 4.79 Å². The van der Waals surface area contributed by atoms with Crippen molar-refractivity contribution in [3.8, 4) is 0 Å². The lowest BCUT2D eigenvalue weighted by molar-refractivity contribution is -0.121. The number of furan rings is 1. The summed E-state index contributed by atoms with van der Waals surface area (Å²) in [5, 5.41) is 0. The molecule has 6 nitrogen and oxygen atoms in total. The average molecular weight is 348 g/mol. The SMILES string of the molecule is CN1C(=O)C(C)(C)c2cc(S(=O)(=O)NCCc3ccco3)ccc21. The van der Waals surface area contributed by atoms with Gasteiger partial charge in [0.15, 0.2) is 0 Å². The third-order valence-corrected chi connectivity index (χ3v) is 5.85. The maximum absolute atomic E-state index is 12.5. The number of amides is 1. The van der Waals surface area contributed by atoms with Gasteiger partial charge in [0.2, 0.25) is 15.9 Å². The fourth-order valence-electron chi connectivity index (χ4n) is 2.97. The number of hydrogen-bond donors (Lipinski definition) is 1. The Morgan fingerprint density at radius 3 is 2.67 bits per heavy atom. The Balaban J connectivity index is 1.82. The van der Waals surface area contributed by atoms with Gasteiger partial charge in [-0.2, -0.15) is 0 Å². The van der Waals surface area contributed by atoms with Crippen molar-refractivity contribution in [1.29, 1.82) is 0 Å². The lowest BCUT2D eigenvalue weighted by Crippen LogP contribution is -2.33. The summed E-state index contributed by atoms with van der Waals surface area (Å²) in [6.07, 6.45) is 2.03. The maximum atomic E-state index is 12.5. The van der Waals surface area contributed by atoms with Crippen LogP contribution in [0.5, 0.6) is 0 Å². The van der Waals surface area contributed by atoms with E-state index in [4.69, 9.17) is 4.42 Å². The molecule has 0 saturated carbocycles. The van der Waals surface area contributed by atoms with Crippen LogP contribution in [0.15, 0.2) is 45.9 Å². The van der Waals surface area contributed by atoms with Gasteiger partial charge in [-0.15, -0.1) is 0 Å². The smallest absolute Gasteiger partial charge is 0.240 e. The predicted molar refractivity (Wildman–Crippen MR) is 90.5 cm³/mol. The number of carbonyl (C=O) groups excluding carboxylic acids is 1. The molecule has 24 heavy (non-hydrogen) atoms. The Hall–Kier alpha value is -2.12. The topological polar surface area (TPSA) is 79.6 Å². The van der Waals surface area contributed by atoms with Gasteiger partial charge in [0, 0.05) is 25.7 Å². The number of benzene rings is 1. The number of fused-ring (bicyclic) bond motifs is 1. The first-order chi connectivity index (χ1) is 11.2. The van der Waals surface area contributed by atoms with Gasteiger partial charge >= 0.3 is 0 Å². The van der Waals surface area contributed by atoms with E-state index >= 15 is 0 Å². The minimum Gasteiger partial charge on any atom is -0.469 e. The number of likely N-dealkylation sites (N-methyl/N-ethyl adjacent to an activating group) is 1. The monoisotopic (exact) mass is 348 g/mol. The van der Waals surface area contributed by atoms with E-state index in [1.807, 2.05) is 0 Å². The Labute approximate surface area is 141 Å². The Bertz CT molecular complexity index is 870. The molecule has 2 heterocycles. The van der Waals surface area contributed by atoms with Gasteiger partial charge in [0.25, 0.3) is 0 Å². The van der Waals surface area contributed by atoms with Crippen LogP contribution in [0.3, 0.4) is 0 Å². The van der Waals surface area contributed by atoms with Gasteiger partial charge in [0.1, 0.15) is 5.76 Å². The van der Waals surface area contributed by atoms with E-state index in [1.54, 1.807) is 56.3 Å². The van der Waals surface area contributed by atoms with Gasteiger partial charge in [-0.1, -0.05) is 0 Å². The molecule has 128 valence electrons. The van der Waals surface area contributed by atoms with Crippen molar-refractivity contribution in [2.45, 2.75) is 30.6 Å². The maximum Gasteiger partial charge on any atom is 0.240 e. The standard InChI is InChI=1S/C17H20N2O4S/c1-17(2)14-11-13(6-7-15(14)19(3)16(17)20)24(21,22)18-9-8-12-5-4-10-23-12/h4-7,10-11,18H,8-9H2,1-3H3. The number of sulfonamides is 1. The van der Waals surface area contributed by atoms with Crippen LogP contribution in [-0.4, -0.2) is 27.9 Å². The molecule has 1 aromatic heterocycles. The quantitative estimate of drug-likeness (QED) is 0.897. The first-order valence-corrected chi connectivity index (χ1v) is 9.16. The van der Waals surface area contributed by atoms with E-state index in [1.165, 1.54) is 6.07 Å². The lowest BCUT2D eigenvalue weighted by Gasteiger charge is -2.16. The largest absolute Gasteiger partial charge is 0.469 e. The molecule has 1 N–H and O–H groups in total. The van der Waals surface area contributed by atoms with Crippen molar-refractivity contribution < 1.29 is 17.6 Å². The molecule has 0 saturated heterocycles. The van der Waals surface area contributed by atoms with Crippen molar-refractivity contribution in [2.24, 2.45) is 0 Å². The van der Waals surface area contributed by atoms with Gasteiger partial charge in [-0.25, -0.2) is 13.1 Å². The molecule has 0 unspecified atom stereocenters. The van der Waals surface area contributed by atoms with Crippen molar-refractivity contribution in [2.75, 3.05) is 18.5 Å². The summed E-state index contributed by atoms with van der Waals surface area (Å²) in [6.45, 7) is 3.85. The molecule has 7 heteroatoms. The van der Waals surface area contributed by atoms with Crippen LogP contribution in [0.25, 0.3) is 0 Å². The molecule has 2 aromatic rings. The molecule has 0 spiro atoms. The highest BCUT2D eigenvalue weighted by molar-refractivity contribution is 7.89. The van der Waals surface area contributed by atoms with Crippen LogP contribution in [0.1, 0.15) is 25.2 Å². The van der Waals surface area contributed by atoms with E-state index in [0.717, 1.165) is 17.0 Å². The van der Waals surface area contributed by atoms with Crippen molar-refractivity contribution in [3.05, 3.63) is 47.9 Å². The first kappa shape index (κ1) is 16.7. The molecule has 0 atom stereocenters. The highest BCUT2D eigenvalue weighted by Crippen LogP contribution is 2.41. The van der Waals surface area contributed by atoms with Crippen LogP contribution < -0.4 is 9.62 Å². The summed E-state index contributed by atoms with van der Waals surface area (Å²) in [6, 6.07) is 8.36. The zero-order valence-corrected chi connectivity index (χ0v) is 14.7. The number of rotatable bonds is 5. The normalized spacial score (nSPS) is 16.5. The molecule has 0 radical (unpaired) electrons. The highest BCUT2D eigenvalue weighted by atomic mass is 32.2. The average Bonchev–Trinajstić information content (AvgIpc) is 3.10. The van der Waals surface area contributed by atoms with Crippen LogP contribution >= 0.6 is 0 Å². The Kier molecular flexibility index (Phi) is 4.01. The zero-order valence-electron chi connectivity index (χ0n) is 13.9. The van der Waals surface area contributed by atoms with Gasteiger partial charge < -0.3 is 9.32 Å². The summed E-state index contributed by atoms with van der Waals surface area (Å²) in [4.78, 5) is 14.0. The predicted octanol–water partition coefficient (Wildman–Crippen LogP) is 2.05. The van der Waals surface area contributed by atoms with Crippen LogP contribution in [0, 0.1) is 0 Å². The second-order valence-electron chi connectivity index (χ2n) is 6.40. The van der Waals surface area contributed by atoms with Gasteiger partial charge in [-0.05, 0) is 49.7 Å². The minimum atomic E-state index is -3.64. The van der Waals surface area contributed by atoms with Crippen molar-refractivity contribution in [1.82, 2.24) is 4.72 Å². The fraction of sp³-hybridized carbons (Fsp3) is 0.353. The zero-order chi connectivity index (χ0) is 17.5. The summed E-state index contributed by atoms with van der Waals surface area (Å²) >= 11 is 0. The van der Waals surface area contributed by atoms with E-state index in [0.29, 0.717) is 6.42 Å². The molecule has 1 amide bonds.